The molecule has 0 fully saturated rings. The van der Waals surface area contributed by atoms with Crippen molar-refractivity contribution >= 4 is 11.5 Å². The fourth-order valence-corrected chi connectivity index (χ4v) is 1.92. The molecular formula is C12H15N3O2. The highest BCUT2D eigenvalue weighted by Gasteiger charge is 2.18. The lowest BCUT2D eigenvalue weighted by molar-refractivity contribution is -0.384. The minimum absolute atomic E-state index is 0.0464. The van der Waals surface area contributed by atoms with E-state index in [4.69, 9.17) is 0 Å². The van der Waals surface area contributed by atoms with E-state index in [2.05, 4.69) is 22.5 Å². The molecule has 1 aliphatic carbocycles. The number of anilines is 1. The van der Waals surface area contributed by atoms with E-state index in [9.17, 15) is 10.1 Å². The number of hydrogen-bond acceptors (Lipinski definition) is 4. The molecule has 90 valence electrons. The lowest BCUT2D eigenvalue weighted by atomic mass is 10.0. The Labute approximate surface area is 99.7 Å². The summed E-state index contributed by atoms with van der Waals surface area (Å²) in [5, 5.41) is 14.1. The standard InChI is InChI=1S/C12H15N3O2/c1-9-7-8-11(15(16)17)12(13-9)14-10-5-3-2-4-6-10/h2-3,7-8,10H,4-6H2,1H3,(H,13,14). The number of nitro groups is 1. The van der Waals surface area contributed by atoms with Crippen LogP contribution in [0.3, 0.4) is 0 Å². The van der Waals surface area contributed by atoms with E-state index in [1.165, 1.54) is 6.07 Å². The van der Waals surface area contributed by atoms with Crippen LogP contribution in [0.2, 0.25) is 0 Å². The Balaban J connectivity index is 2.21. The van der Waals surface area contributed by atoms with Gasteiger partial charge < -0.3 is 5.32 Å². The van der Waals surface area contributed by atoms with Crippen molar-refractivity contribution in [2.45, 2.75) is 32.2 Å². The number of pyridine rings is 1. The molecule has 0 saturated carbocycles. The van der Waals surface area contributed by atoms with Crippen LogP contribution in [0.15, 0.2) is 24.3 Å². The molecule has 1 aromatic rings. The lowest BCUT2D eigenvalue weighted by Gasteiger charge is -2.19. The average molecular weight is 233 g/mol. The van der Waals surface area contributed by atoms with E-state index in [0.717, 1.165) is 25.0 Å². The molecule has 1 unspecified atom stereocenters. The molecule has 5 heteroatoms. The van der Waals surface area contributed by atoms with Gasteiger partial charge in [-0.25, -0.2) is 4.98 Å². The quantitative estimate of drug-likeness (QED) is 0.495. The molecule has 0 radical (unpaired) electrons. The summed E-state index contributed by atoms with van der Waals surface area (Å²) in [6.45, 7) is 1.83. The van der Waals surface area contributed by atoms with E-state index >= 15 is 0 Å². The molecule has 0 amide bonds. The van der Waals surface area contributed by atoms with Crippen molar-refractivity contribution in [2.24, 2.45) is 0 Å². The summed E-state index contributed by atoms with van der Waals surface area (Å²) in [5.74, 6) is 0.385. The number of hydrogen-bond donors (Lipinski definition) is 1. The summed E-state index contributed by atoms with van der Waals surface area (Å²) in [4.78, 5) is 14.7. The summed E-state index contributed by atoms with van der Waals surface area (Å²) in [6, 6.07) is 3.40. The third-order valence-corrected chi connectivity index (χ3v) is 2.82. The number of aryl methyl sites for hydroxylation is 1. The molecule has 1 aliphatic rings. The summed E-state index contributed by atoms with van der Waals surface area (Å²) in [5.41, 5.74) is 0.828. The van der Waals surface area contributed by atoms with Crippen LogP contribution in [0, 0.1) is 17.0 Å². The first-order valence-corrected chi connectivity index (χ1v) is 5.70. The van der Waals surface area contributed by atoms with Crippen LogP contribution < -0.4 is 5.32 Å². The molecule has 0 bridgehead atoms. The Morgan fingerprint density at radius 2 is 2.29 bits per heavy atom. The van der Waals surface area contributed by atoms with Crippen molar-refractivity contribution in [3.63, 3.8) is 0 Å². The normalized spacial score (nSPS) is 19.0. The van der Waals surface area contributed by atoms with Gasteiger partial charge in [0.05, 0.1) is 4.92 Å². The maximum absolute atomic E-state index is 10.9. The molecule has 0 saturated heterocycles. The van der Waals surface area contributed by atoms with Gasteiger partial charge in [-0.15, -0.1) is 0 Å². The van der Waals surface area contributed by atoms with Gasteiger partial charge in [-0.1, -0.05) is 12.2 Å². The van der Waals surface area contributed by atoms with Gasteiger partial charge in [-0.3, -0.25) is 10.1 Å². The summed E-state index contributed by atoms with van der Waals surface area (Å²) in [6.07, 6.45) is 7.13. The van der Waals surface area contributed by atoms with Crippen LogP contribution in [0.25, 0.3) is 0 Å². The second-order valence-electron chi connectivity index (χ2n) is 4.20. The molecule has 1 N–H and O–H groups in total. The minimum atomic E-state index is -0.395. The molecule has 5 nitrogen and oxygen atoms in total. The van der Waals surface area contributed by atoms with Gasteiger partial charge in [0.2, 0.25) is 5.82 Å². The minimum Gasteiger partial charge on any atom is -0.361 e. The SMILES string of the molecule is Cc1ccc([N+](=O)[O-])c(NC2CC=CCC2)n1. The Bertz CT molecular complexity index is 457. The Morgan fingerprint density at radius 3 is 2.94 bits per heavy atom. The lowest BCUT2D eigenvalue weighted by Crippen LogP contribution is -2.21. The molecular weight excluding hydrogens is 218 g/mol. The number of nitrogens with zero attached hydrogens (tertiary/aromatic N) is 2. The fourth-order valence-electron chi connectivity index (χ4n) is 1.92. The van der Waals surface area contributed by atoms with Gasteiger partial charge in [-0.2, -0.15) is 0 Å². The fraction of sp³-hybridized carbons (Fsp3) is 0.417. The zero-order valence-electron chi connectivity index (χ0n) is 9.72. The summed E-state index contributed by atoms with van der Waals surface area (Å²) >= 11 is 0. The van der Waals surface area contributed by atoms with Crippen LogP contribution in [0.5, 0.6) is 0 Å². The third-order valence-electron chi connectivity index (χ3n) is 2.82. The maximum Gasteiger partial charge on any atom is 0.311 e. The van der Waals surface area contributed by atoms with Crippen LogP contribution in [0.4, 0.5) is 11.5 Å². The predicted octanol–water partition coefficient (Wildman–Crippen LogP) is 2.82. The molecule has 0 aromatic carbocycles. The third kappa shape index (κ3) is 2.81. The van der Waals surface area contributed by atoms with E-state index in [1.807, 2.05) is 6.92 Å². The first-order valence-electron chi connectivity index (χ1n) is 5.70. The van der Waals surface area contributed by atoms with Crippen molar-refractivity contribution in [1.82, 2.24) is 4.98 Å². The summed E-state index contributed by atoms with van der Waals surface area (Å²) in [7, 11) is 0. The Hall–Kier alpha value is -1.91. The smallest absolute Gasteiger partial charge is 0.311 e. The maximum atomic E-state index is 10.9. The van der Waals surface area contributed by atoms with Gasteiger partial charge in [-0.05, 0) is 32.3 Å². The highest BCUT2D eigenvalue weighted by atomic mass is 16.6. The molecule has 0 spiro atoms. The van der Waals surface area contributed by atoms with Crippen molar-refractivity contribution < 1.29 is 4.92 Å². The molecule has 17 heavy (non-hydrogen) atoms. The number of aromatic nitrogens is 1. The van der Waals surface area contributed by atoms with Crippen LogP contribution >= 0.6 is 0 Å². The topological polar surface area (TPSA) is 68.1 Å². The first kappa shape index (κ1) is 11.6. The van der Waals surface area contributed by atoms with E-state index in [-0.39, 0.29) is 11.7 Å². The molecule has 1 heterocycles. The van der Waals surface area contributed by atoms with Gasteiger partial charge >= 0.3 is 5.69 Å². The number of allylic oxidation sites excluding steroid dienone is 1. The van der Waals surface area contributed by atoms with Crippen molar-refractivity contribution in [3.05, 3.63) is 40.1 Å². The van der Waals surface area contributed by atoms with Crippen molar-refractivity contribution in [3.8, 4) is 0 Å². The Kier molecular flexibility index (Phi) is 3.37. The zero-order chi connectivity index (χ0) is 12.3. The highest BCUT2D eigenvalue weighted by Crippen LogP contribution is 2.25. The van der Waals surface area contributed by atoms with Crippen LogP contribution in [0.1, 0.15) is 25.0 Å². The second-order valence-corrected chi connectivity index (χ2v) is 4.20. The molecule has 1 atom stereocenters. The van der Waals surface area contributed by atoms with Gasteiger partial charge in [0, 0.05) is 17.8 Å². The molecule has 0 aliphatic heterocycles. The van der Waals surface area contributed by atoms with Crippen molar-refractivity contribution in [2.75, 3.05) is 5.32 Å². The predicted molar refractivity (Wildman–Crippen MR) is 66.0 cm³/mol. The monoisotopic (exact) mass is 233 g/mol. The average Bonchev–Trinajstić information content (AvgIpc) is 2.30. The van der Waals surface area contributed by atoms with Gasteiger partial charge in [0.15, 0.2) is 0 Å². The van der Waals surface area contributed by atoms with Crippen LogP contribution in [-0.2, 0) is 0 Å². The largest absolute Gasteiger partial charge is 0.361 e. The van der Waals surface area contributed by atoms with Crippen molar-refractivity contribution in [1.29, 1.82) is 0 Å². The van der Waals surface area contributed by atoms with Gasteiger partial charge in [0.25, 0.3) is 0 Å². The van der Waals surface area contributed by atoms with Crippen LogP contribution in [-0.4, -0.2) is 15.9 Å². The van der Waals surface area contributed by atoms with Gasteiger partial charge in [0.1, 0.15) is 0 Å². The number of nitrogens with one attached hydrogen (secondary N) is 1. The first-order chi connectivity index (χ1) is 8.16. The Morgan fingerprint density at radius 1 is 1.47 bits per heavy atom. The summed E-state index contributed by atoms with van der Waals surface area (Å²) < 4.78 is 0. The second kappa shape index (κ2) is 4.95. The molecule has 1 aromatic heterocycles. The zero-order valence-corrected chi connectivity index (χ0v) is 9.72. The number of rotatable bonds is 3. The van der Waals surface area contributed by atoms with E-state index < -0.39 is 4.92 Å². The van der Waals surface area contributed by atoms with E-state index in [0.29, 0.717) is 5.82 Å². The highest BCUT2D eigenvalue weighted by molar-refractivity contribution is 5.56. The molecule has 2 rings (SSSR count). The van der Waals surface area contributed by atoms with E-state index in [1.54, 1.807) is 6.07 Å².